The van der Waals surface area contributed by atoms with Crippen LogP contribution in [0.1, 0.15) is 54.0 Å². The largest absolute Gasteiger partial charge is 0.504 e. The van der Waals surface area contributed by atoms with Crippen molar-refractivity contribution in [2.45, 2.75) is 103 Å². The number of rotatable bonds is 7. The molecule has 222 valence electrons. The first-order chi connectivity index (χ1) is 18.8. The lowest BCUT2D eigenvalue weighted by atomic mass is 9.84. The summed E-state index contributed by atoms with van der Waals surface area (Å²) in [7, 11) is 1.44. The molecule has 0 bridgehead atoms. The molecule has 10 unspecified atom stereocenters. The highest BCUT2D eigenvalue weighted by atomic mass is 16.8. The SMILES string of the molecule is COc1cc(/C=C/C(=O)OC2OC(C)C(OC3OC(C)C(C)C(C)C3OC(C)=O)C3OC(C)(C)OC23)ccc1O. The molecule has 1 aromatic carbocycles. The molecule has 3 heterocycles. The van der Waals surface area contributed by atoms with E-state index in [9.17, 15) is 14.7 Å². The number of phenolic OH excluding ortho intramolecular Hbond substituents is 1. The van der Waals surface area contributed by atoms with Crippen molar-refractivity contribution in [1.82, 2.24) is 0 Å². The second-order valence-electron chi connectivity index (χ2n) is 11.1. The van der Waals surface area contributed by atoms with Crippen LogP contribution in [0.15, 0.2) is 24.3 Å². The molecule has 3 aliphatic rings. The van der Waals surface area contributed by atoms with Gasteiger partial charge in [-0.3, -0.25) is 4.79 Å². The van der Waals surface area contributed by atoms with Gasteiger partial charge in [-0.05, 0) is 57.4 Å². The molecule has 0 saturated carbocycles. The van der Waals surface area contributed by atoms with E-state index in [0.29, 0.717) is 5.56 Å². The van der Waals surface area contributed by atoms with Gasteiger partial charge in [0, 0.05) is 18.9 Å². The van der Waals surface area contributed by atoms with Crippen LogP contribution < -0.4 is 4.74 Å². The van der Waals surface area contributed by atoms with Gasteiger partial charge in [-0.1, -0.05) is 19.9 Å². The fourth-order valence-electron chi connectivity index (χ4n) is 5.32. The maximum Gasteiger partial charge on any atom is 0.333 e. The number of hydrogen-bond acceptors (Lipinski definition) is 11. The fourth-order valence-corrected chi connectivity index (χ4v) is 5.32. The average Bonchev–Trinajstić information content (AvgIpc) is 3.21. The Bertz CT molecular complexity index is 1100. The van der Waals surface area contributed by atoms with Gasteiger partial charge in [0.15, 0.2) is 35.8 Å². The zero-order valence-corrected chi connectivity index (χ0v) is 24.2. The van der Waals surface area contributed by atoms with E-state index in [1.54, 1.807) is 32.9 Å². The second kappa shape index (κ2) is 12.0. The zero-order chi connectivity index (χ0) is 29.4. The molecule has 3 aliphatic heterocycles. The van der Waals surface area contributed by atoms with Crippen molar-refractivity contribution < 1.29 is 52.6 Å². The van der Waals surface area contributed by atoms with Crippen LogP contribution in [0, 0.1) is 11.8 Å². The van der Waals surface area contributed by atoms with Crippen molar-refractivity contribution in [2.75, 3.05) is 7.11 Å². The second-order valence-corrected chi connectivity index (χ2v) is 11.1. The number of phenols is 1. The van der Waals surface area contributed by atoms with Gasteiger partial charge >= 0.3 is 11.9 Å². The Hall–Kier alpha value is -2.70. The predicted octanol–water partition coefficient (Wildman–Crippen LogP) is 3.56. The molecular formula is C29H40O11. The van der Waals surface area contributed by atoms with Crippen LogP contribution in [0.3, 0.4) is 0 Å². The Morgan fingerprint density at radius 3 is 2.27 bits per heavy atom. The highest BCUT2D eigenvalue weighted by Crippen LogP contribution is 2.41. The number of aromatic hydroxyl groups is 1. The van der Waals surface area contributed by atoms with E-state index in [-0.39, 0.29) is 29.4 Å². The predicted molar refractivity (Wildman–Crippen MR) is 141 cm³/mol. The van der Waals surface area contributed by atoms with Gasteiger partial charge in [0.05, 0.1) is 19.3 Å². The maximum absolute atomic E-state index is 12.7. The molecule has 11 heteroatoms. The first-order valence-electron chi connectivity index (χ1n) is 13.5. The molecule has 1 aromatic rings. The van der Waals surface area contributed by atoms with Crippen LogP contribution in [-0.2, 0) is 42.7 Å². The number of benzene rings is 1. The van der Waals surface area contributed by atoms with Crippen molar-refractivity contribution in [3.8, 4) is 11.5 Å². The van der Waals surface area contributed by atoms with Crippen molar-refractivity contribution in [3.05, 3.63) is 29.8 Å². The minimum Gasteiger partial charge on any atom is -0.504 e. The maximum atomic E-state index is 12.7. The number of hydrogen-bond donors (Lipinski definition) is 1. The number of methoxy groups -OCH3 is 1. The average molecular weight is 565 g/mol. The van der Waals surface area contributed by atoms with E-state index in [0.717, 1.165) is 0 Å². The third kappa shape index (κ3) is 6.60. The summed E-state index contributed by atoms with van der Waals surface area (Å²) in [5, 5.41) is 9.78. The molecule has 0 aliphatic carbocycles. The summed E-state index contributed by atoms with van der Waals surface area (Å²) in [4.78, 5) is 24.6. The molecule has 4 rings (SSSR count). The molecule has 1 N–H and O–H groups in total. The van der Waals surface area contributed by atoms with Crippen molar-refractivity contribution in [3.63, 3.8) is 0 Å². The lowest BCUT2D eigenvalue weighted by Crippen LogP contribution is -2.60. The highest BCUT2D eigenvalue weighted by molar-refractivity contribution is 5.87. The Balaban J connectivity index is 1.49. The third-order valence-electron chi connectivity index (χ3n) is 7.71. The molecular weight excluding hydrogens is 524 g/mol. The Morgan fingerprint density at radius 1 is 0.925 bits per heavy atom. The first-order valence-corrected chi connectivity index (χ1v) is 13.5. The molecule has 11 nitrogen and oxygen atoms in total. The summed E-state index contributed by atoms with van der Waals surface area (Å²) in [6.07, 6.45) is -2.58. The molecule has 0 aromatic heterocycles. The molecule has 0 radical (unpaired) electrons. The number of ether oxygens (including phenoxy) is 8. The summed E-state index contributed by atoms with van der Waals surface area (Å²) in [6, 6.07) is 4.69. The van der Waals surface area contributed by atoms with Crippen molar-refractivity contribution >= 4 is 18.0 Å². The Morgan fingerprint density at radius 2 is 1.60 bits per heavy atom. The molecule has 40 heavy (non-hydrogen) atoms. The Labute approximate surface area is 234 Å². The number of carbonyl (C=O) groups excluding carboxylic acids is 2. The van der Waals surface area contributed by atoms with Gasteiger partial charge in [0.25, 0.3) is 0 Å². The van der Waals surface area contributed by atoms with E-state index in [1.165, 1.54) is 32.3 Å². The lowest BCUT2D eigenvalue weighted by Gasteiger charge is -2.46. The number of esters is 2. The summed E-state index contributed by atoms with van der Waals surface area (Å²) in [5.74, 6) is -1.67. The molecule has 0 spiro atoms. The molecule has 0 amide bonds. The minimum absolute atomic E-state index is 0.00754. The monoisotopic (exact) mass is 564 g/mol. The normalized spacial score (nSPS) is 37.1. The number of carbonyl (C=O) groups is 2. The minimum atomic E-state index is -1.07. The van der Waals surface area contributed by atoms with Gasteiger partial charge in [-0.15, -0.1) is 0 Å². The smallest absolute Gasteiger partial charge is 0.333 e. The standard InChI is InChI=1S/C29H40O11/c1-14-15(2)23(36-18(5)30)27(34-16(14)3)38-24-17(4)35-28(26-25(24)39-29(6,7)40-26)37-22(32)12-10-19-9-11-20(31)21(13-19)33-8/h9-17,23-28,31H,1-8H3/b12-10+. The van der Waals surface area contributed by atoms with Crippen molar-refractivity contribution in [1.29, 1.82) is 0 Å². The Kier molecular flexibility index (Phi) is 9.11. The number of fused-ring (bicyclic) bond motifs is 1. The van der Waals surface area contributed by atoms with Gasteiger partial charge < -0.3 is 43.0 Å². The van der Waals surface area contributed by atoms with Crippen LogP contribution in [0.5, 0.6) is 11.5 Å². The topological polar surface area (TPSA) is 128 Å². The summed E-state index contributed by atoms with van der Waals surface area (Å²) >= 11 is 0. The third-order valence-corrected chi connectivity index (χ3v) is 7.71. The molecule has 3 saturated heterocycles. The van der Waals surface area contributed by atoms with Crippen LogP contribution in [0.2, 0.25) is 0 Å². The summed E-state index contributed by atoms with van der Waals surface area (Å²) in [6.45, 7) is 12.7. The van der Waals surface area contributed by atoms with Gasteiger partial charge in [-0.25, -0.2) is 4.79 Å². The van der Waals surface area contributed by atoms with Crippen LogP contribution in [-0.4, -0.2) is 79.1 Å². The summed E-state index contributed by atoms with van der Waals surface area (Å²) < 4.78 is 47.3. The van der Waals surface area contributed by atoms with Gasteiger partial charge in [0.1, 0.15) is 12.2 Å². The highest BCUT2D eigenvalue weighted by Gasteiger charge is 2.57. The van der Waals surface area contributed by atoms with Crippen LogP contribution in [0.4, 0.5) is 0 Å². The lowest BCUT2D eigenvalue weighted by molar-refractivity contribution is -0.328. The van der Waals surface area contributed by atoms with Crippen LogP contribution >= 0.6 is 0 Å². The fraction of sp³-hybridized carbons (Fsp3) is 0.655. The summed E-state index contributed by atoms with van der Waals surface area (Å²) in [5.41, 5.74) is 0.630. The quantitative estimate of drug-likeness (QED) is 0.386. The van der Waals surface area contributed by atoms with E-state index < -0.39 is 60.8 Å². The van der Waals surface area contributed by atoms with Gasteiger partial charge in [-0.2, -0.15) is 0 Å². The van der Waals surface area contributed by atoms with Gasteiger partial charge in [0.2, 0.25) is 6.29 Å². The molecule has 10 atom stereocenters. The van der Waals surface area contributed by atoms with E-state index >= 15 is 0 Å². The van der Waals surface area contributed by atoms with E-state index in [2.05, 4.69) is 0 Å². The van der Waals surface area contributed by atoms with Crippen molar-refractivity contribution in [2.24, 2.45) is 11.8 Å². The first kappa shape index (κ1) is 30.3. The van der Waals surface area contributed by atoms with Crippen LogP contribution in [0.25, 0.3) is 6.08 Å². The van der Waals surface area contributed by atoms with E-state index in [4.69, 9.17) is 37.9 Å². The zero-order valence-electron chi connectivity index (χ0n) is 24.2. The molecule has 3 fully saturated rings. The van der Waals surface area contributed by atoms with E-state index in [1.807, 2.05) is 20.8 Å².